The Morgan fingerprint density at radius 3 is 2.67 bits per heavy atom. The molecule has 2 amide bonds. The van der Waals surface area contributed by atoms with Crippen LogP contribution in [0.5, 0.6) is 0 Å². The van der Waals surface area contributed by atoms with E-state index >= 15 is 0 Å². The average molecular weight is 411 g/mol. The number of hydrogen-bond acceptors (Lipinski definition) is 8. The first-order valence-corrected chi connectivity index (χ1v) is 9.85. The first-order chi connectivity index (χ1) is 12.9. The van der Waals surface area contributed by atoms with Crippen molar-refractivity contribution in [1.29, 1.82) is 0 Å². The molecule has 2 aromatic rings. The molecule has 27 heavy (non-hydrogen) atoms. The number of rotatable bonds is 7. The Bertz CT molecular complexity index is 959. The number of thiophene rings is 1. The van der Waals surface area contributed by atoms with Gasteiger partial charge in [-0.3, -0.25) is 9.59 Å². The number of amides is 2. The summed E-state index contributed by atoms with van der Waals surface area (Å²) in [6.45, 7) is -0.245. The lowest BCUT2D eigenvalue weighted by Gasteiger charge is -2.34. The van der Waals surface area contributed by atoms with Gasteiger partial charge in [-0.1, -0.05) is 17.3 Å². The SMILES string of the molecule is CON=C(C(=O)NC1CN(S(=O)(=O)O[n+]2ccccc2)C1=O)c1cccs1. The van der Waals surface area contributed by atoms with Gasteiger partial charge in [0.05, 0.1) is 11.4 Å². The van der Waals surface area contributed by atoms with E-state index in [2.05, 4.69) is 15.3 Å². The summed E-state index contributed by atoms with van der Waals surface area (Å²) in [5, 5.41) is 7.87. The van der Waals surface area contributed by atoms with E-state index in [4.69, 9.17) is 4.28 Å². The Morgan fingerprint density at radius 1 is 1.33 bits per heavy atom. The third-order valence-electron chi connectivity index (χ3n) is 3.49. The maximum atomic E-state index is 12.4. The zero-order chi connectivity index (χ0) is 19.4. The predicted octanol–water partition coefficient (Wildman–Crippen LogP) is -0.913. The maximum Gasteiger partial charge on any atom is 0.466 e. The number of oxime groups is 1. The fourth-order valence-corrected chi connectivity index (χ4v) is 3.99. The van der Waals surface area contributed by atoms with E-state index in [9.17, 15) is 18.0 Å². The number of β-lactam (4-membered cyclic amide) rings is 1. The highest BCUT2D eigenvalue weighted by molar-refractivity contribution is 7.85. The van der Waals surface area contributed by atoms with Crippen molar-refractivity contribution in [3.05, 3.63) is 53.0 Å². The van der Waals surface area contributed by atoms with Gasteiger partial charge in [0.25, 0.3) is 11.8 Å². The van der Waals surface area contributed by atoms with Crippen LogP contribution in [0.3, 0.4) is 0 Å². The topological polar surface area (TPSA) is 118 Å². The summed E-state index contributed by atoms with van der Waals surface area (Å²) >= 11 is 1.27. The second-order valence-corrected chi connectivity index (χ2v) is 7.66. The number of aromatic nitrogens is 1. The molecule has 1 unspecified atom stereocenters. The maximum absolute atomic E-state index is 12.4. The van der Waals surface area contributed by atoms with E-state index in [1.165, 1.54) is 30.8 Å². The molecule has 0 aliphatic carbocycles. The molecule has 1 aliphatic rings. The van der Waals surface area contributed by atoms with Gasteiger partial charge in [0.15, 0.2) is 5.71 Å². The van der Waals surface area contributed by atoms with Gasteiger partial charge in [0.2, 0.25) is 12.4 Å². The van der Waals surface area contributed by atoms with E-state index in [0.717, 1.165) is 4.73 Å². The molecule has 0 aromatic carbocycles. The lowest BCUT2D eigenvalue weighted by atomic mass is 10.1. The van der Waals surface area contributed by atoms with Crippen LogP contribution in [0.1, 0.15) is 4.88 Å². The Hall–Kier alpha value is -2.99. The third kappa shape index (κ3) is 4.06. The summed E-state index contributed by atoms with van der Waals surface area (Å²) < 4.78 is 30.6. The van der Waals surface area contributed by atoms with Gasteiger partial charge in [-0.2, -0.15) is 12.7 Å². The Balaban J connectivity index is 1.64. The summed E-state index contributed by atoms with van der Waals surface area (Å²) in [5.41, 5.74) is -0.00213. The van der Waals surface area contributed by atoms with Crippen LogP contribution < -0.4 is 14.3 Å². The quantitative estimate of drug-likeness (QED) is 0.273. The molecule has 12 heteroatoms. The molecular formula is C15H15N4O6S2+. The molecular weight excluding hydrogens is 396 g/mol. The second kappa shape index (κ2) is 7.72. The molecule has 142 valence electrons. The van der Waals surface area contributed by atoms with Crippen LogP contribution in [0.2, 0.25) is 0 Å². The predicted molar refractivity (Wildman–Crippen MR) is 93.6 cm³/mol. The summed E-state index contributed by atoms with van der Waals surface area (Å²) in [4.78, 5) is 29.8. The molecule has 0 spiro atoms. The minimum absolute atomic E-state index is 0.00213. The van der Waals surface area contributed by atoms with Crippen molar-refractivity contribution in [1.82, 2.24) is 9.62 Å². The second-order valence-electron chi connectivity index (χ2n) is 5.26. The van der Waals surface area contributed by atoms with Gasteiger partial charge in [-0.25, -0.2) is 0 Å². The molecule has 1 atom stereocenters. The van der Waals surface area contributed by atoms with Crippen LogP contribution in [0.15, 0.2) is 53.3 Å². The molecule has 1 aliphatic heterocycles. The van der Waals surface area contributed by atoms with Crippen LogP contribution in [0.25, 0.3) is 0 Å². The fraction of sp³-hybridized carbons (Fsp3) is 0.200. The minimum atomic E-state index is -4.33. The van der Waals surface area contributed by atoms with Gasteiger partial charge >= 0.3 is 10.3 Å². The molecule has 0 saturated carbocycles. The Kier molecular flexibility index (Phi) is 5.37. The van der Waals surface area contributed by atoms with Crippen LogP contribution in [0.4, 0.5) is 0 Å². The van der Waals surface area contributed by atoms with E-state index in [-0.39, 0.29) is 12.3 Å². The van der Waals surface area contributed by atoms with Gasteiger partial charge in [-0.15, -0.1) is 15.6 Å². The molecule has 1 N–H and O–H groups in total. The molecule has 3 heterocycles. The zero-order valence-electron chi connectivity index (χ0n) is 14.0. The highest BCUT2D eigenvalue weighted by Crippen LogP contribution is 2.16. The van der Waals surface area contributed by atoms with Crippen molar-refractivity contribution in [2.75, 3.05) is 13.7 Å². The lowest BCUT2D eigenvalue weighted by Crippen LogP contribution is -2.68. The first-order valence-electron chi connectivity index (χ1n) is 7.61. The van der Waals surface area contributed by atoms with E-state index < -0.39 is 28.2 Å². The third-order valence-corrected chi connectivity index (χ3v) is 5.59. The number of nitrogens with zero attached hydrogens (tertiary/aromatic N) is 3. The smallest absolute Gasteiger partial charge is 0.398 e. The normalized spacial score (nSPS) is 17.2. The van der Waals surface area contributed by atoms with Gasteiger partial charge in [-0.05, 0) is 11.4 Å². The molecule has 1 saturated heterocycles. The summed E-state index contributed by atoms with van der Waals surface area (Å²) in [7, 11) is -3.03. The molecule has 10 nitrogen and oxygen atoms in total. The van der Waals surface area contributed by atoms with Gasteiger partial charge in [0, 0.05) is 16.9 Å². The Labute approximate surface area is 158 Å². The monoisotopic (exact) mass is 411 g/mol. The number of carbonyl (C=O) groups is 2. The summed E-state index contributed by atoms with van der Waals surface area (Å²) in [6, 6.07) is 7.22. The molecule has 3 rings (SSSR count). The van der Waals surface area contributed by atoms with Crippen molar-refractivity contribution in [2.24, 2.45) is 5.16 Å². The number of hydrogen-bond donors (Lipinski definition) is 1. The van der Waals surface area contributed by atoms with Crippen LogP contribution in [0, 0.1) is 0 Å². The highest BCUT2D eigenvalue weighted by atomic mass is 32.2. The van der Waals surface area contributed by atoms with E-state index in [1.54, 1.807) is 35.7 Å². The van der Waals surface area contributed by atoms with Gasteiger partial charge in [0.1, 0.15) is 13.2 Å². The number of pyridine rings is 1. The largest absolute Gasteiger partial charge is 0.466 e. The number of carbonyl (C=O) groups excluding carboxylic acids is 2. The zero-order valence-corrected chi connectivity index (χ0v) is 15.6. The van der Waals surface area contributed by atoms with Crippen LogP contribution >= 0.6 is 11.3 Å². The van der Waals surface area contributed by atoms with Crippen molar-refractivity contribution in [3.63, 3.8) is 0 Å². The fourth-order valence-electron chi connectivity index (χ4n) is 2.22. The van der Waals surface area contributed by atoms with Crippen LogP contribution in [-0.2, 0) is 24.7 Å². The molecule has 0 bridgehead atoms. The van der Waals surface area contributed by atoms with Crippen molar-refractivity contribution in [3.8, 4) is 0 Å². The standard InChI is InChI=1S/C15H14N4O6S2/c1-24-17-13(12-6-5-9-26-12)14(20)16-11-10-19(15(11)21)27(22,23)25-18-7-3-2-4-8-18/h2-9,11H,10H2,1H3/p+1. The molecule has 1 fully saturated rings. The van der Waals surface area contributed by atoms with E-state index in [1.807, 2.05) is 0 Å². The molecule has 0 radical (unpaired) electrons. The van der Waals surface area contributed by atoms with Crippen molar-refractivity contribution in [2.45, 2.75) is 6.04 Å². The van der Waals surface area contributed by atoms with Crippen LogP contribution in [-0.4, -0.2) is 49.9 Å². The lowest BCUT2D eigenvalue weighted by molar-refractivity contribution is -0.857. The number of nitrogens with one attached hydrogen (secondary N) is 1. The van der Waals surface area contributed by atoms with Crippen molar-refractivity contribution >= 4 is 39.2 Å². The van der Waals surface area contributed by atoms with E-state index in [0.29, 0.717) is 9.18 Å². The minimum Gasteiger partial charge on any atom is -0.398 e. The highest BCUT2D eigenvalue weighted by Gasteiger charge is 2.48. The average Bonchev–Trinajstić information content (AvgIpc) is 3.16. The molecule has 2 aromatic heterocycles. The Morgan fingerprint density at radius 2 is 2.07 bits per heavy atom. The summed E-state index contributed by atoms with van der Waals surface area (Å²) in [6.07, 6.45) is 2.74. The first kappa shape index (κ1) is 18.8. The summed E-state index contributed by atoms with van der Waals surface area (Å²) in [5.74, 6) is -1.45. The van der Waals surface area contributed by atoms with Gasteiger partial charge < -0.3 is 10.2 Å². The van der Waals surface area contributed by atoms with Crippen molar-refractivity contribution < 1.29 is 31.9 Å².